The van der Waals surface area contributed by atoms with Crippen molar-refractivity contribution in [2.75, 3.05) is 20.2 Å². The summed E-state index contributed by atoms with van der Waals surface area (Å²) in [5.41, 5.74) is 0.653. The highest BCUT2D eigenvalue weighted by Crippen LogP contribution is 2.25. The second kappa shape index (κ2) is 5.92. The molecule has 0 aromatic heterocycles. The van der Waals surface area contributed by atoms with Crippen LogP contribution in [0.5, 0.6) is 5.75 Å². The van der Waals surface area contributed by atoms with Crippen LogP contribution in [-0.4, -0.2) is 43.1 Å². The summed E-state index contributed by atoms with van der Waals surface area (Å²) < 4.78 is 5.99. The van der Waals surface area contributed by atoms with Crippen LogP contribution < -0.4 is 10.1 Å². The maximum absolute atomic E-state index is 12.7. The van der Waals surface area contributed by atoms with Crippen molar-refractivity contribution in [2.45, 2.75) is 25.9 Å². The molecule has 0 aliphatic carbocycles. The summed E-state index contributed by atoms with van der Waals surface area (Å²) in [6.45, 7) is 5.70. The zero-order valence-electron chi connectivity index (χ0n) is 11.4. The minimum absolute atomic E-state index is 0.0478. The predicted octanol–water partition coefficient (Wildman–Crippen LogP) is 2.28. The van der Waals surface area contributed by atoms with Gasteiger partial charge in [0.1, 0.15) is 5.75 Å². The Hall–Kier alpha value is -1.07. The quantitative estimate of drug-likeness (QED) is 0.906. The molecule has 1 fully saturated rings. The molecule has 2 atom stereocenters. The summed E-state index contributed by atoms with van der Waals surface area (Å²) in [5, 5.41) is 3.37. The average molecular weight is 327 g/mol. The Labute approximate surface area is 122 Å². The second-order valence-electron chi connectivity index (χ2n) is 4.96. The molecule has 2 unspecified atom stereocenters. The maximum atomic E-state index is 12.7. The Kier molecular flexibility index (Phi) is 4.47. The predicted molar refractivity (Wildman–Crippen MR) is 78.7 cm³/mol. The third-order valence-electron chi connectivity index (χ3n) is 3.43. The molecule has 1 aromatic carbocycles. The van der Waals surface area contributed by atoms with Crippen LogP contribution in [0.4, 0.5) is 0 Å². The topological polar surface area (TPSA) is 41.6 Å². The van der Waals surface area contributed by atoms with Crippen molar-refractivity contribution in [2.24, 2.45) is 0 Å². The molecular weight excluding hydrogens is 308 g/mol. The van der Waals surface area contributed by atoms with Crippen molar-refractivity contribution in [1.29, 1.82) is 0 Å². The van der Waals surface area contributed by atoms with Gasteiger partial charge in [0.05, 0.1) is 12.7 Å². The van der Waals surface area contributed by atoms with Gasteiger partial charge in [-0.25, -0.2) is 0 Å². The average Bonchev–Trinajstić information content (AvgIpc) is 2.41. The van der Waals surface area contributed by atoms with E-state index in [1.807, 2.05) is 17.0 Å². The summed E-state index contributed by atoms with van der Waals surface area (Å²) in [6.07, 6.45) is 0. The normalized spacial score (nSPS) is 23.3. The molecule has 1 saturated heterocycles. The molecule has 1 aliphatic heterocycles. The van der Waals surface area contributed by atoms with Gasteiger partial charge >= 0.3 is 0 Å². The van der Waals surface area contributed by atoms with Crippen LogP contribution in [0.25, 0.3) is 0 Å². The zero-order valence-corrected chi connectivity index (χ0v) is 13.0. The third kappa shape index (κ3) is 3.09. The molecule has 0 saturated carbocycles. The van der Waals surface area contributed by atoms with E-state index in [0.717, 1.165) is 17.6 Å². The number of carbonyl (C=O) groups is 1. The van der Waals surface area contributed by atoms with Gasteiger partial charge in [0.15, 0.2) is 0 Å². The largest absolute Gasteiger partial charge is 0.497 e. The van der Waals surface area contributed by atoms with Gasteiger partial charge in [-0.3, -0.25) is 4.79 Å². The second-order valence-corrected chi connectivity index (χ2v) is 5.82. The van der Waals surface area contributed by atoms with Crippen LogP contribution in [0.2, 0.25) is 0 Å². The van der Waals surface area contributed by atoms with Crippen molar-refractivity contribution in [1.82, 2.24) is 10.2 Å². The summed E-state index contributed by atoms with van der Waals surface area (Å²) in [7, 11) is 1.60. The van der Waals surface area contributed by atoms with Crippen molar-refractivity contribution < 1.29 is 9.53 Å². The summed E-state index contributed by atoms with van der Waals surface area (Å²) in [4.78, 5) is 14.6. The first kappa shape index (κ1) is 14.3. The van der Waals surface area contributed by atoms with E-state index in [2.05, 4.69) is 35.1 Å². The molecule has 1 N–H and O–H groups in total. The van der Waals surface area contributed by atoms with Gasteiger partial charge in [-0.2, -0.15) is 0 Å². The number of hydrogen-bond acceptors (Lipinski definition) is 3. The van der Waals surface area contributed by atoms with Gasteiger partial charge in [0.2, 0.25) is 0 Å². The number of benzene rings is 1. The molecule has 104 valence electrons. The number of ether oxygens (including phenoxy) is 1. The Morgan fingerprint density at radius 3 is 2.89 bits per heavy atom. The number of amides is 1. The SMILES string of the molecule is COc1ccc(Br)c(C(=O)N2CC(C)NCC2C)c1. The first-order chi connectivity index (χ1) is 9.02. The van der Waals surface area contributed by atoms with Crippen molar-refractivity contribution >= 4 is 21.8 Å². The van der Waals surface area contributed by atoms with Crippen molar-refractivity contribution in [3.8, 4) is 5.75 Å². The lowest BCUT2D eigenvalue weighted by Gasteiger charge is -2.37. The number of rotatable bonds is 2. The van der Waals surface area contributed by atoms with E-state index in [1.54, 1.807) is 13.2 Å². The molecule has 4 nitrogen and oxygen atoms in total. The van der Waals surface area contributed by atoms with Gasteiger partial charge in [-0.1, -0.05) is 0 Å². The van der Waals surface area contributed by atoms with Gasteiger partial charge in [0.25, 0.3) is 5.91 Å². The third-order valence-corrected chi connectivity index (χ3v) is 4.12. The highest BCUT2D eigenvalue weighted by Gasteiger charge is 2.28. The van der Waals surface area contributed by atoms with Crippen LogP contribution in [0, 0.1) is 0 Å². The lowest BCUT2D eigenvalue weighted by molar-refractivity contribution is 0.0615. The lowest BCUT2D eigenvalue weighted by atomic mass is 10.1. The van der Waals surface area contributed by atoms with Crippen LogP contribution in [0.1, 0.15) is 24.2 Å². The molecule has 2 rings (SSSR count). The number of carbonyl (C=O) groups excluding carboxylic acids is 1. The van der Waals surface area contributed by atoms with Crippen LogP contribution >= 0.6 is 15.9 Å². The fraction of sp³-hybridized carbons (Fsp3) is 0.500. The number of hydrogen-bond donors (Lipinski definition) is 1. The van der Waals surface area contributed by atoms with E-state index in [1.165, 1.54) is 0 Å². The molecule has 1 amide bonds. The number of nitrogens with zero attached hydrogens (tertiary/aromatic N) is 1. The molecule has 0 radical (unpaired) electrons. The fourth-order valence-corrected chi connectivity index (χ4v) is 2.67. The van der Waals surface area contributed by atoms with Crippen LogP contribution in [0.15, 0.2) is 22.7 Å². The minimum Gasteiger partial charge on any atom is -0.497 e. The van der Waals surface area contributed by atoms with E-state index in [9.17, 15) is 4.79 Å². The fourth-order valence-electron chi connectivity index (χ4n) is 2.25. The molecular formula is C14H19BrN2O2. The standard InChI is InChI=1S/C14H19BrN2O2/c1-9-8-17(10(2)7-16-9)14(18)12-6-11(19-3)4-5-13(12)15/h4-6,9-10,16H,7-8H2,1-3H3. The van der Waals surface area contributed by atoms with Crippen LogP contribution in [0.3, 0.4) is 0 Å². The first-order valence-electron chi connectivity index (χ1n) is 6.40. The number of piperazine rings is 1. The Morgan fingerprint density at radius 1 is 1.47 bits per heavy atom. The van der Waals surface area contributed by atoms with Gasteiger partial charge in [-0.15, -0.1) is 0 Å². The monoisotopic (exact) mass is 326 g/mol. The van der Waals surface area contributed by atoms with Crippen LogP contribution in [-0.2, 0) is 0 Å². The van der Waals surface area contributed by atoms with E-state index < -0.39 is 0 Å². The Bertz CT molecular complexity index is 479. The Morgan fingerprint density at radius 2 is 2.21 bits per heavy atom. The zero-order chi connectivity index (χ0) is 14.0. The molecule has 5 heteroatoms. The van der Waals surface area contributed by atoms with E-state index in [0.29, 0.717) is 17.4 Å². The molecule has 1 aromatic rings. The number of methoxy groups -OCH3 is 1. The van der Waals surface area contributed by atoms with Gasteiger partial charge in [-0.05, 0) is 48.0 Å². The molecule has 1 aliphatic rings. The summed E-state index contributed by atoms with van der Waals surface area (Å²) >= 11 is 3.44. The van der Waals surface area contributed by atoms with Crippen molar-refractivity contribution in [3.05, 3.63) is 28.2 Å². The number of halogens is 1. The van der Waals surface area contributed by atoms with E-state index in [4.69, 9.17) is 4.74 Å². The van der Waals surface area contributed by atoms with Gasteiger partial charge < -0.3 is 15.0 Å². The highest BCUT2D eigenvalue weighted by molar-refractivity contribution is 9.10. The molecule has 1 heterocycles. The smallest absolute Gasteiger partial charge is 0.255 e. The molecule has 19 heavy (non-hydrogen) atoms. The van der Waals surface area contributed by atoms with Gasteiger partial charge in [0, 0.05) is 29.6 Å². The Balaban J connectivity index is 2.27. The van der Waals surface area contributed by atoms with E-state index >= 15 is 0 Å². The number of nitrogens with one attached hydrogen (secondary N) is 1. The molecule has 0 spiro atoms. The first-order valence-corrected chi connectivity index (χ1v) is 7.20. The lowest BCUT2D eigenvalue weighted by Crippen LogP contribution is -2.56. The van der Waals surface area contributed by atoms with Crippen molar-refractivity contribution in [3.63, 3.8) is 0 Å². The maximum Gasteiger partial charge on any atom is 0.255 e. The summed E-state index contributed by atoms with van der Waals surface area (Å²) in [5.74, 6) is 0.744. The summed E-state index contributed by atoms with van der Waals surface area (Å²) in [6, 6.07) is 5.99. The highest BCUT2D eigenvalue weighted by atomic mass is 79.9. The minimum atomic E-state index is 0.0478. The van der Waals surface area contributed by atoms with E-state index in [-0.39, 0.29) is 11.9 Å². The molecule has 0 bridgehead atoms.